The summed E-state index contributed by atoms with van der Waals surface area (Å²) in [6, 6.07) is 3.74. The van der Waals surface area contributed by atoms with Gasteiger partial charge in [0.15, 0.2) is 5.65 Å². The number of amides is 1. The Morgan fingerprint density at radius 3 is 3.00 bits per heavy atom. The highest BCUT2D eigenvalue weighted by molar-refractivity contribution is 5.68. The summed E-state index contributed by atoms with van der Waals surface area (Å²) in [6.07, 6.45) is 0.565. The quantitative estimate of drug-likeness (QED) is 0.881. The van der Waals surface area contributed by atoms with E-state index in [9.17, 15) is 4.79 Å². The van der Waals surface area contributed by atoms with Crippen molar-refractivity contribution in [3.05, 3.63) is 12.1 Å². The van der Waals surface area contributed by atoms with Gasteiger partial charge < -0.3 is 15.0 Å². The third kappa shape index (κ3) is 3.23. The van der Waals surface area contributed by atoms with E-state index in [1.54, 1.807) is 11.0 Å². The van der Waals surface area contributed by atoms with E-state index in [2.05, 4.69) is 25.9 Å². The lowest BCUT2D eigenvalue weighted by molar-refractivity contribution is 0.0293. The van der Waals surface area contributed by atoms with Gasteiger partial charge in [0.05, 0.1) is 0 Å². The lowest BCUT2D eigenvalue weighted by Gasteiger charge is -2.24. The molecule has 1 atom stereocenters. The fourth-order valence-electron chi connectivity index (χ4n) is 2.31. The van der Waals surface area contributed by atoms with Crippen molar-refractivity contribution in [1.29, 1.82) is 0 Å². The van der Waals surface area contributed by atoms with Gasteiger partial charge in [-0.05, 0) is 49.8 Å². The zero-order valence-electron chi connectivity index (χ0n) is 12.9. The van der Waals surface area contributed by atoms with Crippen molar-refractivity contribution in [2.75, 3.05) is 18.4 Å². The number of rotatable bonds is 2. The molecule has 1 amide bonds. The summed E-state index contributed by atoms with van der Waals surface area (Å²) < 4.78 is 6.74. The number of fused-ring (bicyclic) bond motifs is 1. The molecule has 0 saturated carbocycles. The van der Waals surface area contributed by atoms with E-state index in [1.165, 1.54) is 4.63 Å². The van der Waals surface area contributed by atoms with Crippen LogP contribution in [0.1, 0.15) is 27.2 Å². The van der Waals surface area contributed by atoms with Crippen molar-refractivity contribution in [1.82, 2.24) is 30.2 Å². The Balaban J connectivity index is 1.59. The number of tetrazole rings is 1. The molecule has 1 saturated heterocycles. The Morgan fingerprint density at radius 1 is 1.41 bits per heavy atom. The van der Waals surface area contributed by atoms with Crippen LogP contribution in [-0.4, -0.2) is 61.0 Å². The fourth-order valence-corrected chi connectivity index (χ4v) is 2.31. The molecule has 9 nitrogen and oxygen atoms in total. The van der Waals surface area contributed by atoms with E-state index in [0.717, 1.165) is 6.42 Å². The second-order valence-corrected chi connectivity index (χ2v) is 6.30. The highest BCUT2D eigenvalue weighted by atomic mass is 16.6. The maximum absolute atomic E-state index is 12.0. The molecule has 0 bridgehead atoms. The molecule has 3 rings (SSSR count). The number of nitrogens with one attached hydrogen (secondary N) is 1. The van der Waals surface area contributed by atoms with E-state index in [0.29, 0.717) is 24.6 Å². The van der Waals surface area contributed by atoms with Gasteiger partial charge in [0.25, 0.3) is 0 Å². The molecule has 2 aromatic heterocycles. The lowest BCUT2D eigenvalue weighted by atomic mass is 10.2. The molecular formula is C13H19N7O2. The van der Waals surface area contributed by atoms with Crippen molar-refractivity contribution in [2.45, 2.75) is 38.8 Å². The molecule has 22 heavy (non-hydrogen) atoms. The molecule has 1 aliphatic rings. The fraction of sp³-hybridized carbons (Fsp3) is 0.615. The number of likely N-dealkylation sites (tertiary alicyclic amines) is 1. The number of hydrogen-bond donors (Lipinski definition) is 1. The molecule has 2 aromatic rings. The topological polar surface area (TPSA) is 97.5 Å². The van der Waals surface area contributed by atoms with E-state index >= 15 is 0 Å². The van der Waals surface area contributed by atoms with Gasteiger partial charge in [-0.3, -0.25) is 0 Å². The number of carbonyl (C=O) groups excluding carboxylic acids is 1. The zero-order chi connectivity index (χ0) is 15.7. The molecule has 0 spiro atoms. The van der Waals surface area contributed by atoms with Crippen molar-refractivity contribution < 1.29 is 9.53 Å². The molecule has 1 fully saturated rings. The van der Waals surface area contributed by atoms with Crippen LogP contribution >= 0.6 is 0 Å². The molecule has 0 aliphatic carbocycles. The number of carbonyl (C=O) groups is 1. The van der Waals surface area contributed by atoms with Crippen molar-refractivity contribution in [3.63, 3.8) is 0 Å². The first kappa shape index (κ1) is 14.5. The number of hydrogen-bond acceptors (Lipinski definition) is 7. The molecule has 1 N–H and O–H groups in total. The second kappa shape index (κ2) is 5.39. The van der Waals surface area contributed by atoms with E-state index in [4.69, 9.17) is 4.74 Å². The Labute approximate surface area is 127 Å². The summed E-state index contributed by atoms with van der Waals surface area (Å²) in [6.45, 7) is 6.84. The van der Waals surface area contributed by atoms with E-state index < -0.39 is 5.60 Å². The molecule has 1 aliphatic heterocycles. The summed E-state index contributed by atoms with van der Waals surface area (Å²) in [5.41, 5.74) is 0.113. The zero-order valence-corrected chi connectivity index (χ0v) is 12.9. The minimum absolute atomic E-state index is 0.133. The molecule has 9 heteroatoms. The van der Waals surface area contributed by atoms with E-state index in [1.807, 2.05) is 26.8 Å². The Hall–Kier alpha value is -2.45. The second-order valence-electron chi connectivity index (χ2n) is 6.30. The van der Waals surface area contributed by atoms with Crippen LogP contribution in [0.25, 0.3) is 5.65 Å². The third-order valence-electron chi connectivity index (χ3n) is 3.26. The average Bonchev–Trinajstić information content (AvgIpc) is 3.04. The summed E-state index contributed by atoms with van der Waals surface area (Å²) >= 11 is 0. The number of anilines is 1. The molecule has 1 unspecified atom stereocenters. The van der Waals surface area contributed by atoms with Crippen molar-refractivity contribution in [3.8, 4) is 0 Å². The summed E-state index contributed by atoms with van der Waals surface area (Å²) in [7, 11) is 0. The highest BCUT2D eigenvalue weighted by Crippen LogP contribution is 2.17. The predicted octanol–water partition coefficient (Wildman–Crippen LogP) is 0.941. The molecular weight excluding hydrogens is 286 g/mol. The maximum atomic E-state index is 12.0. The lowest BCUT2D eigenvalue weighted by Crippen LogP contribution is -2.36. The van der Waals surface area contributed by atoms with Gasteiger partial charge in [-0.15, -0.1) is 14.8 Å². The van der Waals surface area contributed by atoms with Gasteiger partial charge in [0.1, 0.15) is 11.4 Å². The van der Waals surface area contributed by atoms with Gasteiger partial charge in [0, 0.05) is 19.1 Å². The monoisotopic (exact) mass is 305 g/mol. The molecule has 118 valence electrons. The standard InChI is InChI=1S/C13H19N7O2/c1-13(2,3)22-12(21)19-7-6-9(8-19)14-10-4-5-11-15-17-18-20(11)16-10/h4-5,9H,6-8H2,1-3H3,(H,14,16). The smallest absolute Gasteiger partial charge is 0.410 e. The van der Waals surface area contributed by atoms with Crippen molar-refractivity contribution in [2.24, 2.45) is 0 Å². The van der Waals surface area contributed by atoms with Gasteiger partial charge in [-0.25, -0.2) is 4.79 Å². The largest absolute Gasteiger partial charge is 0.444 e. The Morgan fingerprint density at radius 2 is 2.23 bits per heavy atom. The first-order valence-corrected chi connectivity index (χ1v) is 7.21. The van der Waals surface area contributed by atoms with Crippen LogP contribution < -0.4 is 5.32 Å². The third-order valence-corrected chi connectivity index (χ3v) is 3.26. The van der Waals surface area contributed by atoms with Gasteiger partial charge in [0.2, 0.25) is 0 Å². The molecule has 0 radical (unpaired) electrons. The van der Waals surface area contributed by atoms with E-state index in [-0.39, 0.29) is 12.1 Å². The van der Waals surface area contributed by atoms with Crippen LogP contribution in [0.15, 0.2) is 12.1 Å². The van der Waals surface area contributed by atoms with Crippen LogP contribution in [0.2, 0.25) is 0 Å². The first-order chi connectivity index (χ1) is 10.4. The average molecular weight is 305 g/mol. The van der Waals surface area contributed by atoms with Crippen LogP contribution in [-0.2, 0) is 4.74 Å². The Kier molecular flexibility index (Phi) is 3.55. The minimum Gasteiger partial charge on any atom is -0.444 e. The normalized spacial score (nSPS) is 18.7. The highest BCUT2D eigenvalue weighted by Gasteiger charge is 2.29. The number of nitrogens with zero attached hydrogens (tertiary/aromatic N) is 6. The number of aromatic nitrogens is 5. The Bertz CT molecular complexity index is 678. The summed E-state index contributed by atoms with van der Waals surface area (Å²) in [5.74, 6) is 0.677. The van der Waals surface area contributed by atoms with Crippen LogP contribution in [0.3, 0.4) is 0 Å². The van der Waals surface area contributed by atoms with Gasteiger partial charge in [-0.2, -0.15) is 0 Å². The van der Waals surface area contributed by atoms with Crippen LogP contribution in [0.4, 0.5) is 10.6 Å². The maximum Gasteiger partial charge on any atom is 0.410 e. The predicted molar refractivity (Wildman–Crippen MR) is 78.4 cm³/mol. The molecule has 0 aromatic carbocycles. The van der Waals surface area contributed by atoms with Crippen LogP contribution in [0.5, 0.6) is 0 Å². The van der Waals surface area contributed by atoms with Crippen molar-refractivity contribution >= 4 is 17.6 Å². The first-order valence-electron chi connectivity index (χ1n) is 7.21. The summed E-state index contributed by atoms with van der Waals surface area (Å²) in [4.78, 5) is 13.7. The van der Waals surface area contributed by atoms with Crippen LogP contribution in [0, 0.1) is 0 Å². The van der Waals surface area contributed by atoms with Gasteiger partial charge >= 0.3 is 6.09 Å². The SMILES string of the molecule is CC(C)(C)OC(=O)N1CCC(Nc2ccc3nnnn3n2)C1. The molecule has 3 heterocycles. The van der Waals surface area contributed by atoms with Gasteiger partial charge in [-0.1, -0.05) is 0 Å². The number of ether oxygens (including phenoxy) is 1. The minimum atomic E-state index is -0.477. The summed E-state index contributed by atoms with van der Waals surface area (Å²) in [5, 5.41) is 18.7.